The molecule has 4 rings (SSSR count). The van der Waals surface area contributed by atoms with Crippen LogP contribution in [0.25, 0.3) is 0 Å². The summed E-state index contributed by atoms with van der Waals surface area (Å²) in [5.74, 6) is 4.31. The molecule has 5 nitrogen and oxygen atoms in total. The molecule has 1 aromatic heterocycles. The zero-order valence-corrected chi connectivity index (χ0v) is 20.2. The molecule has 2 unspecified atom stereocenters. The molecule has 2 saturated carbocycles. The molecule has 1 aromatic carbocycles. The topological polar surface area (TPSA) is 64.5 Å². The van der Waals surface area contributed by atoms with Crippen LogP contribution in [0.2, 0.25) is 0 Å². The fourth-order valence-corrected chi connectivity index (χ4v) is 5.34. The molecule has 5 heteroatoms. The fraction of sp³-hybridized carbons (Fsp3) is 0.630. The monoisotopic (exact) mass is 438 g/mol. The fourth-order valence-electron chi connectivity index (χ4n) is 5.34. The van der Waals surface area contributed by atoms with Crippen molar-refractivity contribution in [1.82, 2.24) is 9.97 Å². The maximum Gasteiger partial charge on any atom is 0.220 e. The highest BCUT2D eigenvalue weighted by molar-refractivity contribution is 5.40. The number of hydrogen-bond donors (Lipinski definition) is 1. The highest BCUT2D eigenvalue weighted by Crippen LogP contribution is 2.49. The number of nitrogens with zero attached hydrogens (tertiary/aromatic N) is 2. The average Bonchev–Trinajstić information content (AvgIpc) is 3.56. The van der Waals surface area contributed by atoms with Crippen LogP contribution in [0.5, 0.6) is 11.6 Å². The van der Waals surface area contributed by atoms with Gasteiger partial charge in [-0.25, -0.2) is 4.98 Å². The predicted molar refractivity (Wildman–Crippen MR) is 126 cm³/mol. The molecule has 1 N–H and O–H groups in total. The lowest BCUT2D eigenvalue weighted by Crippen LogP contribution is -2.33. The smallest absolute Gasteiger partial charge is 0.220 e. The first-order valence-corrected chi connectivity index (χ1v) is 12.2. The summed E-state index contributed by atoms with van der Waals surface area (Å²) in [7, 11) is 1.72. The molecule has 2 aromatic rings. The number of methoxy groups -OCH3 is 1. The molecule has 0 radical (unpaired) electrons. The minimum Gasteiger partial charge on any atom is -0.497 e. The van der Waals surface area contributed by atoms with Gasteiger partial charge in [0.05, 0.1) is 19.3 Å². The molecular weight excluding hydrogens is 400 g/mol. The maximum absolute atomic E-state index is 10.4. The molecule has 0 bridgehead atoms. The van der Waals surface area contributed by atoms with Gasteiger partial charge in [0, 0.05) is 17.7 Å². The van der Waals surface area contributed by atoms with E-state index in [1.165, 1.54) is 11.1 Å². The molecule has 174 valence electrons. The summed E-state index contributed by atoms with van der Waals surface area (Å²) in [6, 6.07) is 6.46. The van der Waals surface area contributed by atoms with E-state index in [9.17, 15) is 5.11 Å². The van der Waals surface area contributed by atoms with Crippen LogP contribution in [0.1, 0.15) is 87.2 Å². The number of aliphatic hydroxyl groups is 1. The van der Waals surface area contributed by atoms with Crippen molar-refractivity contribution in [3.63, 3.8) is 0 Å². The Hall–Kier alpha value is -2.14. The molecule has 32 heavy (non-hydrogen) atoms. The van der Waals surface area contributed by atoms with E-state index >= 15 is 0 Å². The van der Waals surface area contributed by atoms with Crippen LogP contribution in [0, 0.1) is 18.8 Å². The third kappa shape index (κ3) is 5.09. The minimum absolute atomic E-state index is 0.360. The van der Waals surface area contributed by atoms with Crippen LogP contribution in [0.3, 0.4) is 0 Å². The molecule has 2 fully saturated rings. The second-order valence-electron chi connectivity index (χ2n) is 10.2. The zero-order chi connectivity index (χ0) is 22.9. The van der Waals surface area contributed by atoms with E-state index in [1.54, 1.807) is 7.11 Å². The maximum atomic E-state index is 10.4. The van der Waals surface area contributed by atoms with Crippen molar-refractivity contribution in [2.45, 2.75) is 83.7 Å². The SMILES string of the molecule is CCc1cc(OC)ccc1C1CC1COc1nc(C)ncc1C1CCC(C(C)(C)O)CC1. The van der Waals surface area contributed by atoms with Gasteiger partial charge in [0.15, 0.2) is 0 Å². The largest absolute Gasteiger partial charge is 0.497 e. The van der Waals surface area contributed by atoms with Gasteiger partial charge in [0.1, 0.15) is 11.6 Å². The molecule has 2 aliphatic carbocycles. The number of aromatic nitrogens is 2. The lowest BCUT2D eigenvalue weighted by atomic mass is 9.73. The Morgan fingerprint density at radius 2 is 1.88 bits per heavy atom. The number of hydrogen-bond acceptors (Lipinski definition) is 5. The Morgan fingerprint density at radius 1 is 1.12 bits per heavy atom. The Morgan fingerprint density at radius 3 is 2.53 bits per heavy atom. The Balaban J connectivity index is 1.40. The first kappa shape index (κ1) is 23.0. The number of aryl methyl sites for hydroxylation is 2. The van der Waals surface area contributed by atoms with E-state index in [0.717, 1.165) is 61.5 Å². The van der Waals surface area contributed by atoms with Crippen LogP contribution in [-0.2, 0) is 6.42 Å². The van der Waals surface area contributed by atoms with Crippen LogP contribution in [-0.4, -0.2) is 34.4 Å². The molecule has 2 aliphatic rings. The van der Waals surface area contributed by atoms with Crippen LogP contribution in [0.15, 0.2) is 24.4 Å². The van der Waals surface area contributed by atoms with Gasteiger partial charge in [-0.05, 0) is 100 Å². The Kier molecular flexibility index (Phi) is 6.75. The molecule has 0 saturated heterocycles. The van der Waals surface area contributed by atoms with Gasteiger partial charge in [0.25, 0.3) is 0 Å². The summed E-state index contributed by atoms with van der Waals surface area (Å²) in [6.07, 6.45) is 8.31. The van der Waals surface area contributed by atoms with Crippen molar-refractivity contribution in [2.24, 2.45) is 11.8 Å². The number of benzene rings is 1. The molecule has 1 heterocycles. The van der Waals surface area contributed by atoms with Gasteiger partial charge in [-0.3, -0.25) is 0 Å². The predicted octanol–water partition coefficient (Wildman–Crippen LogP) is 5.58. The molecule has 0 amide bonds. The molecule has 0 aliphatic heterocycles. The zero-order valence-electron chi connectivity index (χ0n) is 20.2. The second-order valence-corrected chi connectivity index (χ2v) is 10.2. The van der Waals surface area contributed by atoms with Crippen LogP contribution in [0.4, 0.5) is 0 Å². The standard InChI is InChI=1S/C27H38N2O3/c1-6-18-13-22(31-5)11-12-23(18)24-14-20(24)16-32-26-25(15-28-17(2)29-26)19-7-9-21(10-8-19)27(3,4)30/h11-13,15,19-21,24,30H,6-10,14,16H2,1-5H3. The number of ether oxygens (including phenoxy) is 2. The van der Waals surface area contributed by atoms with Gasteiger partial charge in [-0.15, -0.1) is 0 Å². The van der Waals surface area contributed by atoms with Crippen molar-refractivity contribution in [3.8, 4) is 11.6 Å². The summed E-state index contributed by atoms with van der Waals surface area (Å²) in [4.78, 5) is 9.15. The van der Waals surface area contributed by atoms with Gasteiger partial charge in [-0.2, -0.15) is 4.98 Å². The Bertz CT molecular complexity index is 929. The van der Waals surface area contributed by atoms with Gasteiger partial charge < -0.3 is 14.6 Å². The van der Waals surface area contributed by atoms with E-state index in [2.05, 4.69) is 35.1 Å². The third-order valence-electron chi connectivity index (χ3n) is 7.55. The van der Waals surface area contributed by atoms with E-state index < -0.39 is 5.60 Å². The van der Waals surface area contributed by atoms with Crippen molar-refractivity contribution in [2.75, 3.05) is 13.7 Å². The van der Waals surface area contributed by atoms with E-state index in [4.69, 9.17) is 9.47 Å². The summed E-state index contributed by atoms with van der Waals surface area (Å²) in [6.45, 7) is 8.68. The minimum atomic E-state index is -0.603. The normalized spacial score (nSPS) is 25.4. The summed E-state index contributed by atoms with van der Waals surface area (Å²) < 4.78 is 11.7. The quantitative estimate of drug-likeness (QED) is 0.583. The molecule has 0 spiro atoms. The first-order chi connectivity index (χ1) is 15.3. The van der Waals surface area contributed by atoms with Gasteiger partial charge in [-0.1, -0.05) is 13.0 Å². The lowest BCUT2D eigenvalue weighted by molar-refractivity contribution is -0.00168. The highest BCUT2D eigenvalue weighted by Gasteiger charge is 2.40. The number of rotatable bonds is 8. The van der Waals surface area contributed by atoms with Crippen molar-refractivity contribution >= 4 is 0 Å². The highest BCUT2D eigenvalue weighted by atomic mass is 16.5. The lowest BCUT2D eigenvalue weighted by Gasteiger charge is -2.36. The molecule has 2 atom stereocenters. The van der Waals surface area contributed by atoms with Crippen LogP contribution < -0.4 is 9.47 Å². The summed E-state index contributed by atoms with van der Waals surface area (Å²) >= 11 is 0. The van der Waals surface area contributed by atoms with Crippen LogP contribution >= 0.6 is 0 Å². The van der Waals surface area contributed by atoms with Gasteiger partial charge in [0.2, 0.25) is 5.88 Å². The van der Waals surface area contributed by atoms with Crippen molar-refractivity contribution < 1.29 is 14.6 Å². The van der Waals surface area contributed by atoms with E-state index in [1.807, 2.05) is 27.0 Å². The van der Waals surface area contributed by atoms with E-state index in [0.29, 0.717) is 30.3 Å². The Labute approximate surface area is 192 Å². The summed E-state index contributed by atoms with van der Waals surface area (Å²) in [5.41, 5.74) is 3.35. The third-order valence-corrected chi connectivity index (χ3v) is 7.55. The molecular formula is C27H38N2O3. The van der Waals surface area contributed by atoms with E-state index in [-0.39, 0.29) is 0 Å². The second kappa shape index (κ2) is 9.38. The summed E-state index contributed by atoms with van der Waals surface area (Å²) in [5, 5.41) is 10.4. The average molecular weight is 439 g/mol. The van der Waals surface area contributed by atoms with Crippen molar-refractivity contribution in [3.05, 3.63) is 46.9 Å². The van der Waals surface area contributed by atoms with Gasteiger partial charge >= 0.3 is 0 Å². The first-order valence-electron chi connectivity index (χ1n) is 12.2. The van der Waals surface area contributed by atoms with Crippen molar-refractivity contribution in [1.29, 1.82) is 0 Å².